The lowest BCUT2D eigenvalue weighted by Gasteiger charge is -2.20. The lowest BCUT2D eigenvalue weighted by molar-refractivity contribution is 1.13. The molecule has 0 bridgehead atoms. The van der Waals surface area contributed by atoms with Crippen LogP contribution in [0.3, 0.4) is 0 Å². The second kappa shape index (κ2) is 11.1. The van der Waals surface area contributed by atoms with E-state index in [4.69, 9.17) is 0 Å². The number of hydrogen-bond donors (Lipinski definition) is 0. The fourth-order valence-electron chi connectivity index (χ4n) is 3.41. The Kier molecular flexibility index (Phi) is 8.55. The van der Waals surface area contributed by atoms with Gasteiger partial charge in [-0.1, -0.05) is 80.8 Å². The van der Waals surface area contributed by atoms with Gasteiger partial charge in [0.25, 0.3) is 0 Å². The molecule has 2 aromatic rings. The van der Waals surface area contributed by atoms with Crippen LogP contribution in [0.4, 0.5) is 0 Å². The summed E-state index contributed by atoms with van der Waals surface area (Å²) < 4.78 is 0. The van der Waals surface area contributed by atoms with Crippen LogP contribution in [0.2, 0.25) is 0 Å². The summed E-state index contributed by atoms with van der Waals surface area (Å²) in [5, 5.41) is 0. The molecule has 154 valence electrons. The van der Waals surface area contributed by atoms with Crippen molar-refractivity contribution in [2.24, 2.45) is 4.99 Å². The maximum atomic E-state index is 4.41. The van der Waals surface area contributed by atoms with Crippen LogP contribution in [0.25, 0.3) is 5.57 Å². The Morgan fingerprint density at radius 2 is 1.70 bits per heavy atom. The van der Waals surface area contributed by atoms with Crippen molar-refractivity contribution in [3.63, 3.8) is 0 Å². The molecule has 1 heteroatoms. The summed E-state index contributed by atoms with van der Waals surface area (Å²) in [5.41, 5.74) is 10.3. The molecular formula is C29H33N. The van der Waals surface area contributed by atoms with Gasteiger partial charge in [0.05, 0.1) is 0 Å². The number of hydrogen-bond acceptors (Lipinski definition) is 1. The highest BCUT2D eigenvalue weighted by molar-refractivity contribution is 5.89. The van der Waals surface area contributed by atoms with E-state index in [0.29, 0.717) is 0 Å². The van der Waals surface area contributed by atoms with E-state index in [0.717, 1.165) is 28.7 Å². The van der Waals surface area contributed by atoms with E-state index in [1.54, 1.807) is 13.3 Å². The second-order valence-electron chi connectivity index (χ2n) is 7.58. The highest BCUT2D eigenvalue weighted by Crippen LogP contribution is 2.36. The van der Waals surface area contributed by atoms with Crippen molar-refractivity contribution in [2.75, 3.05) is 7.05 Å². The molecule has 0 aliphatic rings. The molecule has 0 saturated carbocycles. The first kappa shape index (κ1) is 23.1. The summed E-state index contributed by atoms with van der Waals surface area (Å²) in [6.07, 6.45) is 8.93. The highest BCUT2D eigenvalue weighted by atomic mass is 14.6. The number of aryl methyl sites for hydroxylation is 2. The maximum absolute atomic E-state index is 4.41. The van der Waals surface area contributed by atoms with Crippen molar-refractivity contribution in [3.8, 4) is 0 Å². The molecule has 0 N–H and O–H groups in total. The molecule has 0 amide bonds. The van der Waals surface area contributed by atoms with E-state index >= 15 is 0 Å². The third-order valence-corrected chi connectivity index (χ3v) is 5.07. The topological polar surface area (TPSA) is 12.4 Å². The van der Waals surface area contributed by atoms with Crippen LogP contribution < -0.4 is 0 Å². The van der Waals surface area contributed by atoms with Gasteiger partial charge in [-0.25, -0.2) is 0 Å². The Bertz CT molecular complexity index is 1030. The van der Waals surface area contributed by atoms with Crippen molar-refractivity contribution in [1.82, 2.24) is 0 Å². The molecule has 0 radical (unpaired) electrons. The van der Waals surface area contributed by atoms with Crippen LogP contribution >= 0.6 is 0 Å². The lowest BCUT2D eigenvalue weighted by Crippen LogP contribution is -2.01. The van der Waals surface area contributed by atoms with Gasteiger partial charge in [0, 0.05) is 13.3 Å². The molecule has 0 aromatic heterocycles. The predicted molar refractivity (Wildman–Crippen MR) is 134 cm³/mol. The van der Waals surface area contributed by atoms with Crippen LogP contribution in [0.15, 0.2) is 107 Å². The summed E-state index contributed by atoms with van der Waals surface area (Å²) in [6, 6.07) is 17.3. The van der Waals surface area contributed by atoms with E-state index in [1.165, 1.54) is 27.8 Å². The lowest BCUT2D eigenvalue weighted by atomic mass is 9.84. The summed E-state index contributed by atoms with van der Waals surface area (Å²) >= 11 is 0. The molecular weight excluding hydrogens is 362 g/mol. The van der Waals surface area contributed by atoms with Gasteiger partial charge in [0.15, 0.2) is 0 Å². The summed E-state index contributed by atoms with van der Waals surface area (Å²) in [6.45, 7) is 17.2. The minimum absolute atomic E-state index is 0.948. The standard InChI is InChI=1S/C29H33N/c1-8-25-17-16-23(5)27(20-25)29(26-12-10-9-11-13-26)28(21(2)3)24(6)15-14-22(4)18-19-30-7/h9-20H,2,6,8H2,1,3-5,7H3/b15-14+,22-18+,29-28+,30-19?. The first-order valence-electron chi connectivity index (χ1n) is 10.4. The number of aliphatic imine (C=N–C) groups is 1. The number of benzene rings is 2. The van der Waals surface area contributed by atoms with Crippen LogP contribution in [0, 0.1) is 6.92 Å². The summed E-state index contributed by atoms with van der Waals surface area (Å²) in [5.74, 6) is 0. The monoisotopic (exact) mass is 395 g/mol. The number of rotatable bonds is 8. The summed E-state index contributed by atoms with van der Waals surface area (Å²) in [4.78, 5) is 4.02. The van der Waals surface area contributed by atoms with E-state index in [-0.39, 0.29) is 0 Å². The van der Waals surface area contributed by atoms with E-state index in [1.807, 2.05) is 6.08 Å². The van der Waals surface area contributed by atoms with Crippen LogP contribution in [-0.4, -0.2) is 13.3 Å². The van der Waals surface area contributed by atoms with Gasteiger partial charge < -0.3 is 0 Å². The molecule has 0 spiro atoms. The van der Waals surface area contributed by atoms with Crippen LogP contribution in [0.1, 0.15) is 43.0 Å². The van der Waals surface area contributed by atoms with E-state index in [2.05, 4.69) is 107 Å². The zero-order chi connectivity index (χ0) is 22.1. The van der Waals surface area contributed by atoms with Crippen LogP contribution in [-0.2, 0) is 6.42 Å². The molecule has 0 saturated heterocycles. The first-order chi connectivity index (χ1) is 14.4. The Morgan fingerprint density at radius 1 is 1.00 bits per heavy atom. The Hall–Kier alpha value is -3.19. The molecule has 0 unspecified atom stereocenters. The number of allylic oxidation sites excluding steroid dienone is 7. The predicted octanol–water partition coefficient (Wildman–Crippen LogP) is 7.69. The van der Waals surface area contributed by atoms with Gasteiger partial charge in [-0.05, 0) is 83.4 Å². The Labute approximate surface area is 182 Å². The zero-order valence-electron chi connectivity index (χ0n) is 19.0. The normalized spacial score (nSPS) is 13.0. The SMILES string of the molecule is C=C(C)/C(C(=C)/C=C/C(C)=C/C=NC)=C(/c1ccccc1)c1cc(CC)ccc1C. The molecule has 1 nitrogen and oxygen atoms in total. The van der Waals surface area contributed by atoms with Gasteiger partial charge in [0.1, 0.15) is 0 Å². The van der Waals surface area contributed by atoms with Crippen LogP contribution in [0.5, 0.6) is 0 Å². The smallest absolute Gasteiger partial charge is 0.0277 e. The van der Waals surface area contributed by atoms with Crippen molar-refractivity contribution in [3.05, 3.63) is 124 Å². The molecule has 0 aliphatic heterocycles. The second-order valence-corrected chi connectivity index (χ2v) is 7.58. The fraction of sp³-hybridized carbons (Fsp3) is 0.207. The average Bonchev–Trinajstić information content (AvgIpc) is 2.75. The third-order valence-electron chi connectivity index (χ3n) is 5.07. The molecule has 0 heterocycles. The fourth-order valence-corrected chi connectivity index (χ4v) is 3.41. The number of nitrogens with zero attached hydrogens (tertiary/aromatic N) is 1. The molecule has 2 rings (SSSR count). The highest BCUT2D eigenvalue weighted by Gasteiger charge is 2.16. The molecule has 30 heavy (non-hydrogen) atoms. The van der Waals surface area contributed by atoms with Crippen molar-refractivity contribution >= 4 is 11.8 Å². The maximum Gasteiger partial charge on any atom is 0.0277 e. The Balaban J connectivity index is 2.75. The minimum Gasteiger partial charge on any atom is -0.297 e. The van der Waals surface area contributed by atoms with Crippen molar-refractivity contribution < 1.29 is 0 Å². The van der Waals surface area contributed by atoms with Gasteiger partial charge in [-0.3, -0.25) is 4.99 Å². The molecule has 0 aliphatic carbocycles. The van der Waals surface area contributed by atoms with E-state index < -0.39 is 0 Å². The Morgan fingerprint density at radius 3 is 2.30 bits per heavy atom. The zero-order valence-corrected chi connectivity index (χ0v) is 19.0. The van der Waals surface area contributed by atoms with Crippen molar-refractivity contribution in [2.45, 2.75) is 34.1 Å². The van der Waals surface area contributed by atoms with Gasteiger partial charge in [-0.2, -0.15) is 0 Å². The van der Waals surface area contributed by atoms with E-state index in [9.17, 15) is 0 Å². The molecule has 0 fully saturated rings. The minimum atomic E-state index is 0.948. The quantitative estimate of drug-likeness (QED) is 0.321. The first-order valence-corrected chi connectivity index (χ1v) is 10.4. The van der Waals surface area contributed by atoms with Gasteiger partial charge in [-0.15, -0.1) is 0 Å². The molecule has 2 aromatic carbocycles. The van der Waals surface area contributed by atoms with Gasteiger partial charge in [0.2, 0.25) is 0 Å². The average molecular weight is 396 g/mol. The molecule has 0 atom stereocenters. The summed E-state index contributed by atoms with van der Waals surface area (Å²) in [7, 11) is 1.77. The third kappa shape index (κ3) is 5.90. The largest absolute Gasteiger partial charge is 0.297 e. The van der Waals surface area contributed by atoms with Crippen molar-refractivity contribution in [1.29, 1.82) is 0 Å². The van der Waals surface area contributed by atoms with Gasteiger partial charge >= 0.3 is 0 Å².